The Balaban J connectivity index is 2.86. The van der Waals surface area contributed by atoms with Gasteiger partial charge in [-0.3, -0.25) is 4.84 Å². The summed E-state index contributed by atoms with van der Waals surface area (Å²) in [5, 5.41) is 8.16. The van der Waals surface area contributed by atoms with Crippen LogP contribution in [0.2, 0.25) is 0 Å². The van der Waals surface area contributed by atoms with Crippen molar-refractivity contribution < 1.29 is 19.5 Å². The summed E-state index contributed by atoms with van der Waals surface area (Å²) in [6.45, 7) is 3.59. The zero-order valence-corrected chi connectivity index (χ0v) is 7.21. The summed E-state index contributed by atoms with van der Waals surface area (Å²) in [4.78, 5) is 14.5. The van der Waals surface area contributed by atoms with E-state index in [-0.39, 0.29) is 6.61 Å². The Kier molecular flexibility index (Phi) is 7.99. The van der Waals surface area contributed by atoms with Crippen molar-refractivity contribution in [3.05, 3.63) is 0 Å². The van der Waals surface area contributed by atoms with Gasteiger partial charge in [0.15, 0.2) is 6.61 Å². The van der Waals surface area contributed by atoms with E-state index < -0.39 is 5.97 Å². The van der Waals surface area contributed by atoms with Gasteiger partial charge in [0, 0.05) is 19.8 Å². The highest BCUT2D eigenvalue weighted by Crippen LogP contribution is 1.79. The molecule has 5 heteroatoms. The van der Waals surface area contributed by atoms with Crippen molar-refractivity contribution in [2.24, 2.45) is 0 Å². The van der Waals surface area contributed by atoms with Crippen LogP contribution in [0, 0.1) is 0 Å². The first-order chi connectivity index (χ1) is 5.77. The molecule has 0 aliphatic heterocycles. The number of carboxylic acid groups (broad SMARTS) is 1. The Bertz CT molecular complexity index is 118. The Hall–Kier alpha value is -0.650. The fourth-order valence-corrected chi connectivity index (χ4v) is 0.576. The summed E-state index contributed by atoms with van der Waals surface area (Å²) < 4.78 is 5.05. The largest absolute Gasteiger partial charge is 0.479 e. The van der Waals surface area contributed by atoms with Crippen LogP contribution in [0.4, 0.5) is 0 Å². The van der Waals surface area contributed by atoms with Gasteiger partial charge in [-0.05, 0) is 13.3 Å². The molecule has 72 valence electrons. The molecule has 0 aliphatic carbocycles. The van der Waals surface area contributed by atoms with Crippen molar-refractivity contribution in [2.45, 2.75) is 13.3 Å². The van der Waals surface area contributed by atoms with Crippen LogP contribution in [-0.2, 0) is 14.4 Å². The maximum Gasteiger partial charge on any atom is 0.331 e. The zero-order chi connectivity index (χ0) is 9.23. The first-order valence-corrected chi connectivity index (χ1v) is 3.91. The lowest BCUT2D eigenvalue weighted by Gasteiger charge is -2.03. The van der Waals surface area contributed by atoms with E-state index in [2.05, 4.69) is 10.3 Å². The van der Waals surface area contributed by atoms with Crippen LogP contribution in [0.1, 0.15) is 13.3 Å². The molecule has 2 N–H and O–H groups in total. The highest BCUT2D eigenvalue weighted by atomic mass is 16.7. The molecule has 0 aromatic heterocycles. The van der Waals surface area contributed by atoms with Crippen molar-refractivity contribution in [1.29, 1.82) is 0 Å². The normalized spacial score (nSPS) is 10.1. The fourth-order valence-electron chi connectivity index (χ4n) is 0.576. The Morgan fingerprint density at radius 1 is 1.58 bits per heavy atom. The van der Waals surface area contributed by atoms with Gasteiger partial charge in [-0.2, -0.15) is 0 Å². The fraction of sp³-hybridized carbons (Fsp3) is 0.857. The highest BCUT2D eigenvalue weighted by Gasteiger charge is 1.94. The minimum atomic E-state index is -0.979. The minimum absolute atomic E-state index is 0.311. The van der Waals surface area contributed by atoms with E-state index in [1.165, 1.54) is 0 Å². The van der Waals surface area contributed by atoms with Gasteiger partial charge in [-0.15, -0.1) is 0 Å². The molecule has 0 atom stereocenters. The van der Waals surface area contributed by atoms with E-state index in [4.69, 9.17) is 9.84 Å². The summed E-state index contributed by atoms with van der Waals surface area (Å²) in [6.07, 6.45) is 0.813. The number of carboxylic acids is 1. The molecular weight excluding hydrogens is 162 g/mol. The van der Waals surface area contributed by atoms with Crippen LogP contribution in [0.15, 0.2) is 0 Å². The van der Waals surface area contributed by atoms with Crippen molar-refractivity contribution in [1.82, 2.24) is 5.48 Å². The number of aliphatic carboxylic acids is 1. The predicted octanol–water partition coefficient (Wildman–Crippen LogP) is 0.0188. The average molecular weight is 177 g/mol. The third kappa shape index (κ3) is 9.35. The average Bonchev–Trinajstić information content (AvgIpc) is 2.02. The van der Waals surface area contributed by atoms with Gasteiger partial charge in [-0.25, -0.2) is 10.3 Å². The van der Waals surface area contributed by atoms with Gasteiger partial charge in [0.05, 0.1) is 0 Å². The number of nitrogens with one attached hydrogen (secondary N) is 1. The van der Waals surface area contributed by atoms with Gasteiger partial charge < -0.3 is 9.84 Å². The molecular formula is C7H15NO4. The first kappa shape index (κ1) is 11.4. The number of carbonyl (C=O) groups is 1. The molecule has 0 aliphatic rings. The SMILES string of the molecule is CCOCCCNOCC(=O)O. The number of hydrogen-bond donors (Lipinski definition) is 2. The maximum atomic E-state index is 9.94. The predicted molar refractivity (Wildman–Crippen MR) is 42.7 cm³/mol. The van der Waals surface area contributed by atoms with Gasteiger partial charge in [-0.1, -0.05) is 0 Å². The van der Waals surface area contributed by atoms with Crippen LogP contribution < -0.4 is 5.48 Å². The van der Waals surface area contributed by atoms with Crippen LogP contribution in [0.5, 0.6) is 0 Å². The van der Waals surface area contributed by atoms with E-state index in [9.17, 15) is 4.79 Å². The third-order valence-corrected chi connectivity index (χ3v) is 1.07. The second-order valence-corrected chi connectivity index (χ2v) is 2.13. The number of ether oxygens (including phenoxy) is 1. The van der Waals surface area contributed by atoms with Crippen LogP contribution >= 0.6 is 0 Å². The number of hydroxylamine groups is 1. The lowest BCUT2D eigenvalue weighted by molar-refractivity contribution is -0.145. The van der Waals surface area contributed by atoms with Gasteiger partial charge in [0.2, 0.25) is 0 Å². The molecule has 5 nitrogen and oxygen atoms in total. The standard InChI is InChI=1S/C7H15NO4/c1-2-11-5-3-4-8-12-6-7(9)10/h8H,2-6H2,1H3,(H,9,10). The van der Waals surface area contributed by atoms with E-state index >= 15 is 0 Å². The quantitative estimate of drug-likeness (QED) is 0.404. The summed E-state index contributed by atoms with van der Waals surface area (Å²) >= 11 is 0. The molecule has 0 spiro atoms. The van der Waals surface area contributed by atoms with Gasteiger partial charge in [0.1, 0.15) is 0 Å². The molecule has 0 radical (unpaired) electrons. The van der Waals surface area contributed by atoms with Crippen molar-refractivity contribution in [2.75, 3.05) is 26.4 Å². The maximum absolute atomic E-state index is 9.94. The number of rotatable bonds is 8. The first-order valence-electron chi connectivity index (χ1n) is 3.91. The summed E-state index contributed by atoms with van der Waals surface area (Å²) in [5.74, 6) is -0.979. The smallest absolute Gasteiger partial charge is 0.331 e. The Morgan fingerprint density at radius 2 is 2.33 bits per heavy atom. The molecule has 12 heavy (non-hydrogen) atoms. The molecule has 0 saturated carbocycles. The summed E-state index contributed by atoms with van der Waals surface area (Å²) in [7, 11) is 0. The summed E-state index contributed by atoms with van der Waals surface area (Å²) in [6, 6.07) is 0. The highest BCUT2D eigenvalue weighted by molar-refractivity contribution is 5.67. The molecule has 0 aromatic rings. The lowest BCUT2D eigenvalue weighted by atomic mass is 10.5. The molecule has 0 fully saturated rings. The minimum Gasteiger partial charge on any atom is -0.479 e. The van der Waals surface area contributed by atoms with Gasteiger partial charge in [0.25, 0.3) is 0 Å². The Morgan fingerprint density at radius 3 is 2.92 bits per heavy atom. The molecule has 0 saturated heterocycles. The van der Waals surface area contributed by atoms with Crippen molar-refractivity contribution in [3.63, 3.8) is 0 Å². The molecule has 0 heterocycles. The second-order valence-electron chi connectivity index (χ2n) is 2.13. The van der Waals surface area contributed by atoms with Crippen LogP contribution in [-0.4, -0.2) is 37.4 Å². The second kappa shape index (κ2) is 8.45. The molecule has 0 amide bonds. The number of hydrogen-bond acceptors (Lipinski definition) is 4. The molecule has 0 bridgehead atoms. The monoisotopic (exact) mass is 177 g/mol. The van der Waals surface area contributed by atoms with E-state index in [1.807, 2.05) is 6.92 Å². The Labute approximate surface area is 71.6 Å². The molecule has 0 unspecified atom stereocenters. The van der Waals surface area contributed by atoms with E-state index in [0.29, 0.717) is 19.8 Å². The lowest BCUT2D eigenvalue weighted by Crippen LogP contribution is -2.21. The van der Waals surface area contributed by atoms with Crippen LogP contribution in [0.3, 0.4) is 0 Å². The zero-order valence-electron chi connectivity index (χ0n) is 7.21. The molecule has 0 rings (SSSR count). The summed E-state index contributed by atoms with van der Waals surface area (Å²) in [5.41, 5.74) is 2.51. The van der Waals surface area contributed by atoms with E-state index in [0.717, 1.165) is 6.42 Å². The van der Waals surface area contributed by atoms with Gasteiger partial charge >= 0.3 is 5.97 Å². The van der Waals surface area contributed by atoms with E-state index in [1.54, 1.807) is 0 Å². The van der Waals surface area contributed by atoms with Crippen molar-refractivity contribution in [3.8, 4) is 0 Å². The molecule has 0 aromatic carbocycles. The van der Waals surface area contributed by atoms with Crippen molar-refractivity contribution >= 4 is 5.97 Å². The van der Waals surface area contributed by atoms with Crippen LogP contribution in [0.25, 0.3) is 0 Å². The topological polar surface area (TPSA) is 67.8 Å². The third-order valence-electron chi connectivity index (χ3n) is 1.07.